The van der Waals surface area contributed by atoms with Crippen LogP contribution in [0.25, 0.3) is 0 Å². The zero-order valence-electron chi connectivity index (χ0n) is 7.30. The topological polar surface area (TPSA) is 44.8 Å². The fourth-order valence-corrected chi connectivity index (χ4v) is 0.994. The normalized spacial score (nSPS) is 13.9. The second-order valence-corrected chi connectivity index (χ2v) is 2.61. The summed E-state index contributed by atoms with van der Waals surface area (Å²) in [6.07, 6.45) is 1.24. The molecule has 1 aromatic carbocycles. The first-order valence-electron chi connectivity index (χ1n) is 4.08. The number of hydrogen-bond donors (Lipinski definition) is 0. The number of carbonyl (C=O) groups excluding carboxylic acids is 1. The summed E-state index contributed by atoms with van der Waals surface area (Å²) in [4.78, 5) is 11.3. The van der Waals surface area contributed by atoms with Crippen LogP contribution < -0.4 is 4.74 Å². The molecule has 0 unspecified atom stereocenters. The number of benzene rings is 1. The summed E-state index contributed by atoms with van der Waals surface area (Å²) in [6.45, 7) is 0.0687. The Labute approximate surface area is 80.7 Å². The predicted octanol–water partition coefficient (Wildman–Crippen LogP) is 1.44. The molecule has 0 bridgehead atoms. The second kappa shape index (κ2) is 3.83. The molecular weight excluding hydrogens is 184 g/mol. The maximum Gasteiger partial charge on any atom is 0.382 e. The standard InChI is InChI=1S/C10H8O4/c11-10(9-6-12-7-13-9)14-8-4-2-1-3-5-8/h1-6H,7H2. The number of rotatable bonds is 2. The van der Waals surface area contributed by atoms with Crippen LogP contribution in [0.2, 0.25) is 0 Å². The van der Waals surface area contributed by atoms with E-state index in [4.69, 9.17) is 14.2 Å². The maximum absolute atomic E-state index is 11.3. The molecule has 14 heavy (non-hydrogen) atoms. The van der Waals surface area contributed by atoms with Gasteiger partial charge in [0, 0.05) is 0 Å². The average Bonchev–Trinajstić information content (AvgIpc) is 2.72. The van der Waals surface area contributed by atoms with Crippen molar-refractivity contribution in [3.8, 4) is 5.75 Å². The van der Waals surface area contributed by atoms with Crippen molar-refractivity contribution < 1.29 is 19.0 Å². The minimum atomic E-state index is -0.548. The van der Waals surface area contributed by atoms with Gasteiger partial charge in [-0.25, -0.2) is 4.79 Å². The van der Waals surface area contributed by atoms with Gasteiger partial charge in [0.25, 0.3) is 0 Å². The van der Waals surface area contributed by atoms with Gasteiger partial charge in [0.2, 0.25) is 12.6 Å². The lowest BCUT2D eigenvalue weighted by atomic mass is 10.3. The third-order valence-corrected chi connectivity index (χ3v) is 1.63. The number of carbonyl (C=O) groups is 1. The van der Waals surface area contributed by atoms with Crippen LogP contribution >= 0.6 is 0 Å². The quantitative estimate of drug-likeness (QED) is 0.525. The summed E-state index contributed by atoms with van der Waals surface area (Å²) in [5, 5.41) is 0. The van der Waals surface area contributed by atoms with Crippen LogP contribution in [-0.2, 0) is 14.3 Å². The van der Waals surface area contributed by atoms with Crippen LogP contribution in [-0.4, -0.2) is 12.8 Å². The van der Waals surface area contributed by atoms with E-state index < -0.39 is 5.97 Å². The summed E-state index contributed by atoms with van der Waals surface area (Å²) >= 11 is 0. The van der Waals surface area contributed by atoms with E-state index in [1.165, 1.54) is 6.26 Å². The van der Waals surface area contributed by atoms with E-state index in [0.717, 1.165) is 0 Å². The van der Waals surface area contributed by atoms with Gasteiger partial charge in [-0.3, -0.25) is 0 Å². The van der Waals surface area contributed by atoms with Gasteiger partial charge in [-0.1, -0.05) is 18.2 Å². The molecule has 0 saturated carbocycles. The molecule has 0 saturated heterocycles. The van der Waals surface area contributed by atoms with Gasteiger partial charge in [0.05, 0.1) is 0 Å². The van der Waals surface area contributed by atoms with Crippen LogP contribution in [0.15, 0.2) is 42.4 Å². The molecule has 0 amide bonds. The fourth-order valence-electron chi connectivity index (χ4n) is 0.994. The lowest BCUT2D eigenvalue weighted by Gasteiger charge is -2.02. The zero-order chi connectivity index (χ0) is 9.80. The average molecular weight is 192 g/mol. The molecule has 4 nitrogen and oxygen atoms in total. The summed E-state index contributed by atoms with van der Waals surface area (Å²) < 4.78 is 14.6. The molecule has 2 rings (SSSR count). The Morgan fingerprint density at radius 1 is 1.29 bits per heavy atom. The number of para-hydroxylation sites is 1. The fraction of sp³-hybridized carbons (Fsp3) is 0.100. The van der Waals surface area contributed by atoms with Crippen LogP contribution in [0, 0.1) is 0 Å². The van der Waals surface area contributed by atoms with Crippen LogP contribution in [0.1, 0.15) is 0 Å². The smallest absolute Gasteiger partial charge is 0.382 e. The predicted molar refractivity (Wildman–Crippen MR) is 47.2 cm³/mol. The molecule has 1 heterocycles. The molecule has 0 N–H and O–H groups in total. The van der Waals surface area contributed by atoms with Crippen molar-refractivity contribution in [2.45, 2.75) is 0 Å². The number of hydrogen-bond acceptors (Lipinski definition) is 4. The minimum Gasteiger partial charge on any atom is -0.461 e. The Balaban J connectivity index is 2.01. The third kappa shape index (κ3) is 1.85. The Bertz CT molecular complexity index is 356. The highest BCUT2D eigenvalue weighted by atomic mass is 16.7. The molecule has 1 aliphatic heterocycles. The Morgan fingerprint density at radius 3 is 2.71 bits per heavy atom. The van der Waals surface area contributed by atoms with Crippen molar-refractivity contribution in [3.05, 3.63) is 42.4 Å². The Kier molecular flexibility index (Phi) is 2.36. The summed E-state index contributed by atoms with van der Waals surface area (Å²) in [6, 6.07) is 8.78. The van der Waals surface area contributed by atoms with Gasteiger partial charge in [-0.2, -0.15) is 0 Å². The van der Waals surface area contributed by atoms with Crippen molar-refractivity contribution in [1.29, 1.82) is 0 Å². The molecule has 0 atom stereocenters. The van der Waals surface area contributed by atoms with E-state index in [0.29, 0.717) is 5.75 Å². The summed E-state index contributed by atoms with van der Waals surface area (Å²) in [7, 11) is 0. The van der Waals surface area contributed by atoms with E-state index in [1.807, 2.05) is 6.07 Å². The second-order valence-electron chi connectivity index (χ2n) is 2.61. The first kappa shape index (κ1) is 8.62. The largest absolute Gasteiger partial charge is 0.461 e. The van der Waals surface area contributed by atoms with Gasteiger partial charge in [-0.15, -0.1) is 0 Å². The summed E-state index contributed by atoms with van der Waals surface area (Å²) in [5.74, 6) is 0.0245. The van der Waals surface area contributed by atoms with Gasteiger partial charge in [0.1, 0.15) is 12.0 Å². The van der Waals surface area contributed by atoms with Gasteiger partial charge in [-0.05, 0) is 12.1 Å². The molecule has 1 aliphatic rings. The lowest BCUT2D eigenvalue weighted by Crippen LogP contribution is -2.11. The van der Waals surface area contributed by atoms with Crippen molar-refractivity contribution in [3.63, 3.8) is 0 Å². The highest BCUT2D eigenvalue weighted by Gasteiger charge is 2.18. The highest BCUT2D eigenvalue weighted by molar-refractivity contribution is 5.87. The monoisotopic (exact) mass is 192 g/mol. The third-order valence-electron chi connectivity index (χ3n) is 1.63. The van der Waals surface area contributed by atoms with E-state index in [2.05, 4.69) is 0 Å². The first-order chi connectivity index (χ1) is 6.86. The lowest BCUT2D eigenvalue weighted by molar-refractivity contribution is -0.134. The van der Waals surface area contributed by atoms with Gasteiger partial charge in [0.15, 0.2) is 0 Å². The highest BCUT2D eigenvalue weighted by Crippen LogP contribution is 2.13. The molecule has 4 heteroatoms. The molecule has 1 aromatic rings. The van der Waals surface area contributed by atoms with Crippen molar-refractivity contribution in [2.75, 3.05) is 6.79 Å². The zero-order valence-corrected chi connectivity index (χ0v) is 7.30. The van der Waals surface area contributed by atoms with Crippen LogP contribution in [0.5, 0.6) is 5.75 Å². The molecule has 72 valence electrons. The first-order valence-corrected chi connectivity index (χ1v) is 4.08. The van der Waals surface area contributed by atoms with E-state index >= 15 is 0 Å². The number of ether oxygens (including phenoxy) is 3. The molecule has 0 radical (unpaired) electrons. The van der Waals surface area contributed by atoms with Crippen molar-refractivity contribution in [2.24, 2.45) is 0 Å². The maximum atomic E-state index is 11.3. The minimum absolute atomic E-state index is 0.0687. The summed E-state index contributed by atoms with van der Waals surface area (Å²) in [5.41, 5.74) is 0. The van der Waals surface area contributed by atoms with E-state index in [1.54, 1.807) is 24.3 Å². The van der Waals surface area contributed by atoms with E-state index in [-0.39, 0.29) is 12.6 Å². The van der Waals surface area contributed by atoms with Crippen molar-refractivity contribution >= 4 is 5.97 Å². The Morgan fingerprint density at radius 2 is 2.07 bits per heavy atom. The number of esters is 1. The van der Waals surface area contributed by atoms with Crippen molar-refractivity contribution in [1.82, 2.24) is 0 Å². The van der Waals surface area contributed by atoms with Gasteiger partial charge < -0.3 is 14.2 Å². The van der Waals surface area contributed by atoms with Gasteiger partial charge >= 0.3 is 5.97 Å². The van der Waals surface area contributed by atoms with Crippen LogP contribution in [0.3, 0.4) is 0 Å². The molecular formula is C10H8O4. The van der Waals surface area contributed by atoms with E-state index in [9.17, 15) is 4.79 Å². The molecule has 0 spiro atoms. The van der Waals surface area contributed by atoms with Crippen LogP contribution in [0.4, 0.5) is 0 Å². The molecule has 0 aliphatic carbocycles. The molecule has 0 fully saturated rings. The Hall–Kier alpha value is -1.97. The molecule has 0 aromatic heterocycles. The SMILES string of the molecule is O=C(Oc1ccccc1)C1=COCO1.